The van der Waals surface area contributed by atoms with Gasteiger partial charge in [0.25, 0.3) is 0 Å². The van der Waals surface area contributed by atoms with Crippen LogP contribution in [-0.4, -0.2) is 16.8 Å². The van der Waals surface area contributed by atoms with Crippen LogP contribution in [0.5, 0.6) is 0 Å². The molecule has 5 heteroatoms. The largest absolute Gasteiger partial charge is 0.369 e. The smallest absolute Gasteiger partial charge is 0.230 e. The summed E-state index contributed by atoms with van der Waals surface area (Å²) in [4.78, 5) is 26.4. The predicted molar refractivity (Wildman–Crippen MR) is 60.1 cm³/mol. The molecule has 1 rings (SSSR count). The highest BCUT2D eigenvalue weighted by atomic mass is 16.2. The number of amides is 2. The van der Waals surface area contributed by atoms with E-state index in [1.807, 2.05) is 0 Å². The summed E-state index contributed by atoms with van der Waals surface area (Å²) in [7, 11) is 0. The van der Waals surface area contributed by atoms with Crippen LogP contribution >= 0.6 is 0 Å². The van der Waals surface area contributed by atoms with Crippen molar-refractivity contribution in [1.29, 1.82) is 0 Å². The fourth-order valence-electron chi connectivity index (χ4n) is 0.998. The standard InChI is InChI=1S/C11H14N3O2/c1-11(2,10(12)16)7-9(15)14-8-5-3-4-6-13-8/h3-7H,1-2H3,(H2,12,16)(H,13,14,15). The molecule has 1 heterocycles. The summed E-state index contributed by atoms with van der Waals surface area (Å²) < 4.78 is 0. The van der Waals surface area contributed by atoms with Gasteiger partial charge < -0.3 is 11.1 Å². The van der Waals surface area contributed by atoms with Gasteiger partial charge in [0.1, 0.15) is 5.82 Å². The SMILES string of the molecule is CC(C)([CH]C(=O)Nc1ccccn1)C(N)=O. The van der Waals surface area contributed by atoms with Gasteiger partial charge in [-0.1, -0.05) is 19.9 Å². The first-order valence-electron chi connectivity index (χ1n) is 4.79. The van der Waals surface area contributed by atoms with Crippen LogP contribution in [-0.2, 0) is 9.59 Å². The van der Waals surface area contributed by atoms with E-state index >= 15 is 0 Å². The number of carbonyl (C=O) groups excluding carboxylic acids is 2. The Morgan fingerprint density at radius 3 is 2.62 bits per heavy atom. The Bertz CT molecular complexity index is 387. The number of rotatable bonds is 4. The van der Waals surface area contributed by atoms with Crippen LogP contribution in [0.1, 0.15) is 13.8 Å². The Morgan fingerprint density at radius 2 is 2.12 bits per heavy atom. The van der Waals surface area contributed by atoms with Crippen LogP contribution in [0.15, 0.2) is 24.4 Å². The number of nitrogens with two attached hydrogens (primary N) is 1. The van der Waals surface area contributed by atoms with Crippen LogP contribution in [0, 0.1) is 11.8 Å². The highest BCUT2D eigenvalue weighted by Gasteiger charge is 2.28. The lowest BCUT2D eigenvalue weighted by molar-refractivity contribution is -0.127. The molecule has 0 aliphatic carbocycles. The number of pyridine rings is 1. The molecule has 16 heavy (non-hydrogen) atoms. The lowest BCUT2D eigenvalue weighted by Gasteiger charge is -2.18. The van der Waals surface area contributed by atoms with Crippen molar-refractivity contribution in [2.45, 2.75) is 13.8 Å². The molecular formula is C11H14N3O2. The third-order valence-corrected chi connectivity index (χ3v) is 2.04. The lowest BCUT2D eigenvalue weighted by atomic mass is 9.88. The molecule has 3 N–H and O–H groups in total. The molecule has 0 saturated heterocycles. The van der Waals surface area contributed by atoms with Crippen LogP contribution in [0.25, 0.3) is 0 Å². The lowest BCUT2D eigenvalue weighted by Crippen LogP contribution is -2.35. The summed E-state index contributed by atoms with van der Waals surface area (Å²) in [5, 5.41) is 2.54. The summed E-state index contributed by atoms with van der Waals surface area (Å²) in [5.41, 5.74) is 4.17. The van der Waals surface area contributed by atoms with Crippen molar-refractivity contribution in [3.05, 3.63) is 30.8 Å². The van der Waals surface area contributed by atoms with E-state index in [1.165, 1.54) is 6.42 Å². The van der Waals surface area contributed by atoms with Crippen molar-refractivity contribution in [2.24, 2.45) is 11.1 Å². The Kier molecular flexibility index (Phi) is 3.60. The maximum absolute atomic E-state index is 11.5. The van der Waals surface area contributed by atoms with Crippen molar-refractivity contribution in [2.75, 3.05) is 5.32 Å². The van der Waals surface area contributed by atoms with Gasteiger partial charge in [0.05, 0.1) is 11.8 Å². The number of primary amides is 1. The molecule has 0 aromatic carbocycles. The molecule has 1 aromatic heterocycles. The molecule has 0 spiro atoms. The number of hydrogen-bond donors (Lipinski definition) is 2. The number of anilines is 1. The second-order valence-corrected chi connectivity index (χ2v) is 3.93. The third-order valence-electron chi connectivity index (χ3n) is 2.04. The minimum atomic E-state index is -0.973. The predicted octanol–water partition coefficient (Wildman–Crippen LogP) is 0.736. The van der Waals surface area contributed by atoms with E-state index in [1.54, 1.807) is 38.2 Å². The molecule has 85 valence electrons. The van der Waals surface area contributed by atoms with Gasteiger partial charge in [0.2, 0.25) is 11.8 Å². The zero-order chi connectivity index (χ0) is 12.2. The van der Waals surface area contributed by atoms with Gasteiger partial charge in [0, 0.05) is 6.20 Å². The summed E-state index contributed by atoms with van der Waals surface area (Å²) in [6, 6.07) is 5.15. The fraction of sp³-hybridized carbons (Fsp3) is 0.273. The average molecular weight is 220 g/mol. The summed E-state index contributed by atoms with van der Waals surface area (Å²) in [6.07, 6.45) is 2.80. The second kappa shape index (κ2) is 4.74. The van der Waals surface area contributed by atoms with E-state index in [2.05, 4.69) is 10.3 Å². The molecule has 0 aliphatic heterocycles. The van der Waals surface area contributed by atoms with Gasteiger partial charge >= 0.3 is 0 Å². The first-order chi connectivity index (χ1) is 7.42. The Labute approximate surface area is 94.1 Å². The number of hydrogen-bond acceptors (Lipinski definition) is 3. The van der Waals surface area contributed by atoms with Crippen LogP contribution in [0.2, 0.25) is 0 Å². The van der Waals surface area contributed by atoms with E-state index in [9.17, 15) is 9.59 Å². The van der Waals surface area contributed by atoms with Crippen molar-refractivity contribution in [1.82, 2.24) is 4.98 Å². The zero-order valence-electron chi connectivity index (χ0n) is 9.23. The maximum Gasteiger partial charge on any atom is 0.230 e. The number of nitrogens with one attached hydrogen (secondary N) is 1. The topological polar surface area (TPSA) is 85.1 Å². The Balaban J connectivity index is 2.58. The summed E-state index contributed by atoms with van der Waals surface area (Å²) in [6.45, 7) is 3.15. The minimum absolute atomic E-state index is 0.400. The summed E-state index contributed by atoms with van der Waals surface area (Å²) >= 11 is 0. The molecule has 0 saturated carbocycles. The van der Waals surface area contributed by atoms with Crippen molar-refractivity contribution < 1.29 is 9.59 Å². The molecule has 5 nitrogen and oxygen atoms in total. The van der Waals surface area contributed by atoms with E-state index in [-0.39, 0.29) is 0 Å². The Hall–Kier alpha value is -1.91. The molecule has 0 unspecified atom stereocenters. The first-order valence-corrected chi connectivity index (χ1v) is 4.79. The van der Waals surface area contributed by atoms with Gasteiger partial charge in [-0.25, -0.2) is 4.98 Å². The quantitative estimate of drug-likeness (QED) is 0.784. The minimum Gasteiger partial charge on any atom is -0.369 e. The highest BCUT2D eigenvalue weighted by molar-refractivity contribution is 6.01. The first kappa shape index (κ1) is 12.2. The number of carbonyl (C=O) groups is 2. The normalized spacial score (nSPS) is 10.9. The average Bonchev–Trinajstić information content (AvgIpc) is 2.17. The third kappa shape index (κ3) is 3.34. The zero-order valence-corrected chi connectivity index (χ0v) is 9.23. The molecule has 0 fully saturated rings. The highest BCUT2D eigenvalue weighted by Crippen LogP contribution is 2.18. The molecule has 0 bridgehead atoms. The van der Waals surface area contributed by atoms with Crippen LogP contribution in [0.4, 0.5) is 5.82 Å². The number of aromatic nitrogens is 1. The Morgan fingerprint density at radius 1 is 1.44 bits per heavy atom. The second-order valence-electron chi connectivity index (χ2n) is 3.93. The molecule has 1 aromatic rings. The van der Waals surface area contributed by atoms with Gasteiger partial charge in [-0.15, -0.1) is 0 Å². The van der Waals surface area contributed by atoms with Gasteiger partial charge in [-0.2, -0.15) is 0 Å². The molecule has 0 atom stereocenters. The van der Waals surface area contributed by atoms with Gasteiger partial charge in [-0.05, 0) is 12.1 Å². The van der Waals surface area contributed by atoms with Gasteiger partial charge in [0.15, 0.2) is 0 Å². The monoisotopic (exact) mass is 220 g/mol. The summed E-state index contributed by atoms with van der Waals surface area (Å²) in [5.74, 6) is -0.518. The van der Waals surface area contributed by atoms with E-state index < -0.39 is 17.2 Å². The van der Waals surface area contributed by atoms with Crippen molar-refractivity contribution in [3.8, 4) is 0 Å². The van der Waals surface area contributed by atoms with E-state index in [4.69, 9.17) is 5.73 Å². The van der Waals surface area contributed by atoms with Crippen LogP contribution in [0.3, 0.4) is 0 Å². The van der Waals surface area contributed by atoms with Crippen molar-refractivity contribution in [3.63, 3.8) is 0 Å². The van der Waals surface area contributed by atoms with Gasteiger partial charge in [-0.3, -0.25) is 9.59 Å². The van der Waals surface area contributed by atoms with Crippen LogP contribution < -0.4 is 11.1 Å². The van der Waals surface area contributed by atoms with E-state index in [0.717, 1.165) is 0 Å². The maximum atomic E-state index is 11.5. The molecule has 1 radical (unpaired) electrons. The van der Waals surface area contributed by atoms with Crippen molar-refractivity contribution >= 4 is 17.6 Å². The molecule has 0 aliphatic rings. The molecule has 2 amide bonds. The number of nitrogens with zero attached hydrogens (tertiary/aromatic N) is 1. The van der Waals surface area contributed by atoms with E-state index in [0.29, 0.717) is 5.82 Å². The molecular weight excluding hydrogens is 206 g/mol. The fourth-order valence-corrected chi connectivity index (χ4v) is 0.998.